The molecule has 3 heteroatoms. The van der Waals surface area contributed by atoms with Gasteiger partial charge in [-0.05, 0) is 31.7 Å². The number of hydrogen-bond donors (Lipinski definition) is 0. The SMILES string of the molecule is CCOC(=O)c1oc2ccccc2c1CCC(C)C. The number of fused-ring (bicyclic) bond motifs is 1. The van der Waals surface area contributed by atoms with Gasteiger partial charge < -0.3 is 9.15 Å². The molecule has 0 saturated heterocycles. The molecule has 0 saturated carbocycles. The Morgan fingerprint density at radius 2 is 2.05 bits per heavy atom. The Kier molecular flexibility index (Phi) is 4.25. The molecule has 0 aliphatic carbocycles. The van der Waals surface area contributed by atoms with Crippen LogP contribution in [0.2, 0.25) is 0 Å². The van der Waals surface area contributed by atoms with E-state index in [1.807, 2.05) is 24.3 Å². The van der Waals surface area contributed by atoms with Gasteiger partial charge in [-0.2, -0.15) is 0 Å². The number of esters is 1. The number of hydrogen-bond acceptors (Lipinski definition) is 3. The summed E-state index contributed by atoms with van der Waals surface area (Å²) in [6.45, 7) is 6.51. The molecule has 19 heavy (non-hydrogen) atoms. The molecule has 2 rings (SSSR count). The number of rotatable bonds is 5. The third-order valence-electron chi connectivity index (χ3n) is 3.13. The lowest BCUT2D eigenvalue weighted by atomic mass is 10.00. The Balaban J connectivity index is 2.42. The third-order valence-corrected chi connectivity index (χ3v) is 3.13. The van der Waals surface area contributed by atoms with Crippen LogP contribution in [0.15, 0.2) is 28.7 Å². The van der Waals surface area contributed by atoms with Gasteiger partial charge in [0.2, 0.25) is 5.76 Å². The average molecular weight is 260 g/mol. The summed E-state index contributed by atoms with van der Waals surface area (Å²) in [7, 11) is 0. The summed E-state index contributed by atoms with van der Waals surface area (Å²) in [5.74, 6) is 0.588. The van der Waals surface area contributed by atoms with Crippen LogP contribution in [0.25, 0.3) is 11.0 Å². The van der Waals surface area contributed by atoms with Crippen molar-refractivity contribution in [1.29, 1.82) is 0 Å². The van der Waals surface area contributed by atoms with E-state index in [9.17, 15) is 4.79 Å². The zero-order chi connectivity index (χ0) is 13.8. The molecule has 1 heterocycles. The van der Waals surface area contributed by atoms with Crippen LogP contribution in [-0.4, -0.2) is 12.6 Å². The first-order chi connectivity index (χ1) is 9.13. The van der Waals surface area contributed by atoms with Crippen molar-refractivity contribution in [1.82, 2.24) is 0 Å². The van der Waals surface area contributed by atoms with Crippen molar-refractivity contribution in [2.45, 2.75) is 33.6 Å². The van der Waals surface area contributed by atoms with Crippen LogP contribution in [0.3, 0.4) is 0 Å². The molecule has 0 spiro atoms. The molecule has 0 aliphatic heterocycles. The molecule has 1 aromatic heterocycles. The molecule has 0 bridgehead atoms. The number of benzene rings is 1. The topological polar surface area (TPSA) is 39.4 Å². The fourth-order valence-corrected chi connectivity index (χ4v) is 2.14. The van der Waals surface area contributed by atoms with E-state index < -0.39 is 0 Å². The van der Waals surface area contributed by atoms with Gasteiger partial charge in [0.25, 0.3) is 0 Å². The van der Waals surface area contributed by atoms with Gasteiger partial charge in [0.05, 0.1) is 6.61 Å². The van der Waals surface area contributed by atoms with Crippen LogP contribution in [0.4, 0.5) is 0 Å². The molecule has 0 unspecified atom stereocenters. The molecular weight excluding hydrogens is 240 g/mol. The lowest BCUT2D eigenvalue weighted by Crippen LogP contribution is -2.06. The average Bonchev–Trinajstić information content (AvgIpc) is 2.75. The lowest BCUT2D eigenvalue weighted by molar-refractivity contribution is 0.0491. The highest BCUT2D eigenvalue weighted by atomic mass is 16.5. The minimum Gasteiger partial charge on any atom is -0.460 e. The summed E-state index contributed by atoms with van der Waals surface area (Å²) in [4.78, 5) is 12.0. The Labute approximate surface area is 113 Å². The molecule has 0 N–H and O–H groups in total. The van der Waals surface area contributed by atoms with E-state index in [0.717, 1.165) is 29.4 Å². The number of carbonyl (C=O) groups excluding carboxylic acids is 1. The van der Waals surface area contributed by atoms with E-state index in [1.165, 1.54) is 0 Å². The first-order valence-corrected chi connectivity index (χ1v) is 6.81. The standard InChI is InChI=1S/C16H20O3/c1-4-18-16(17)15-13(10-9-11(2)3)12-7-5-6-8-14(12)19-15/h5-8,11H,4,9-10H2,1-3H3. The maximum atomic E-state index is 12.0. The van der Waals surface area contributed by atoms with Gasteiger partial charge in [-0.25, -0.2) is 4.79 Å². The molecule has 0 atom stereocenters. The van der Waals surface area contributed by atoms with E-state index >= 15 is 0 Å². The molecule has 0 fully saturated rings. The Bertz CT molecular complexity index is 566. The van der Waals surface area contributed by atoms with E-state index in [-0.39, 0.29) is 5.97 Å². The van der Waals surface area contributed by atoms with Gasteiger partial charge >= 0.3 is 5.97 Å². The summed E-state index contributed by atoms with van der Waals surface area (Å²) < 4.78 is 10.7. The number of ether oxygens (including phenoxy) is 1. The van der Waals surface area contributed by atoms with E-state index in [1.54, 1.807) is 6.92 Å². The summed E-state index contributed by atoms with van der Waals surface area (Å²) >= 11 is 0. The maximum Gasteiger partial charge on any atom is 0.374 e. The number of aryl methyl sites for hydroxylation is 1. The van der Waals surface area contributed by atoms with Crippen molar-refractivity contribution < 1.29 is 13.9 Å². The van der Waals surface area contributed by atoms with Gasteiger partial charge in [0, 0.05) is 10.9 Å². The quantitative estimate of drug-likeness (QED) is 0.756. The van der Waals surface area contributed by atoms with Crippen LogP contribution in [0, 0.1) is 5.92 Å². The van der Waals surface area contributed by atoms with Crippen molar-refractivity contribution in [3.05, 3.63) is 35.6 Å². The highest BCUT2D eigenvalue weighted by Gasteiger charge is 2.21. The van der Waals surface area contributed by atoms with Gasteiger partial charge in [0.15, 0.2) is 0 Å². The number of carbonyl (C=O) groups is 1. The summed E-state index contributed by atoms with van der Waals surface area (Å²) in [5, 5.41) is 1.02. The van der Waals surface area contributed by atoms with Crippen molar-refractivity contribution in [2.75, 3.05) is 6.61 Å². The maximum absolute atomic E-state index is 12.0. The monoisotopic (exact) mass is 260 g/mol. The molecular formula is C16H20O3. The lowest BCUT2D eigenvalue weighted by Gasteiger charge is -2.05. The Morgan fingerprint density at radius 1 is 1.32 bits per heavy atom. The molecule has 2 aromatic rings. The third kappa shape index (κ3) is 2.98. The first kappa shape index (κ1) is 13.7. The van der Waals surface area contributed by atoms with Crippen molar-refractivity contribution >= 4 is 16.9 Å². The van der Waals surface area contributed by atoms with E-state index in [0.29, 0.717) is 18.3 Å². The van der Waals surface area contributed by atoms with E-state index in [2.05, 4.69) is 13.8 Å². The fraction of sp³-hybridized carbons (Fsp3) is 0.438. The fourth-order valence-electron chi connectivity index (χ4n) is 2.14. The van der Waals surface area contributed by atoms with Crippen LogP contribution in [-0.2, 0) is 11.2 Å². The minimum absolute atomic E-state index is 0.361. The molecule has 1 aromatic carbocycles. The van der Waals surface area contributed by atoms with Gasteiger partial charge in [-0.1, -0.05) is 32.0 Å². The summed E-state index contributed by atoms with van der Waals surface area (Å²) in [6.07, 6.45) is 1.86. The highest BCUT2D eigenvalue weighted by Crippen LogP contribution is 2.28. The van der Waals surface area contributed by atoms with Crippen LogP contribution in [0.5, 0.6) is 0 Å². The predicted molar refractivity (Wildman–Crippen MR) is 75.3 cm³/mol. The van der Waals surface area contributed by atoms with Crippen molar-refractivity contribution in [3.63, 3.8) is 0 Å². The number of para-hydroxylation sites is 1. The highest BCUT2D eigenvalue weighted by molar-refractivity contribution is 5.96. The second-order valence-corrected chi connectivity index (χ2v) is 5.06. The molecule has 0 aliphatic rings. The molecule has 0 radical (unpaired) electrons. The summed E-state index contributed by atoms with van der Waals surface area (Å²) in [6, 6.07) is 7.76. The zero-order valence-electron chi connectivity index (χ0n) is 11.7. The first-order valence-electron chi connectivity index (χ1n) is 6.81. The second kappa shape index (κ2) is 5.91. The van der Waals surface area contributed by atoms with Crippen LogP contribution >= 0.6 is 0 Å². The van der Waals surface area contributed by atoms with E-state index in [4.69, 9.17) is 9.15 Å². The minimum atomic E-state index is -0.363. The Morgan fingerprint density at radius 3 is 2.74 bits per heavy atom. The van der Waals surface area contributed by atoms with Crippen LogP contribution in [0.1, 0.15) is 43.3 Å². The van der Waals surface area contributed by atoms with Crippen molar-refractivity contribution in [3.8, 4) is 0 Å². The zero-order valence-corrected chi connectivity index (χ0v) is 11.7. The molecule has 0 amide bonds. The molecule has 102 valence electrons. The smallest absolute Gasteiger partial charge is 0.374 e. The van der Waals surface area contributed by atoms with Gasteiger partial charge in [-0.15, -0.1) is 0 Å². The van der Waals surface area contributed by atoms with Crippen LogP contribution < -0.4 is 0 Å². The van der Waals surface area contributed by atoms with Gasteiger partial charge in [-0.3, -0.25) is 0 Å². The van der Waals surface area contributed by atoms with Gasteiger partial charge in [0.1, 0.15) is 5.58 Å². The largest absolute Gasteiger partial charge is 0.460 e. The normalized spacial score (nSPS) is 11.2. The number of furan rings is 1. The molecule has 3 nitrogen and oxygen atoms in total. The van der Waals surface area contributed by atoms with Crippen molar-refractivity contribution in [2.24, 2.45) is 5.92 Å². The predicted octanol–water partition coefficient (Wildman–Crippen LogP) is 4.20. The second-order valence-electron chi connectivity index (χ2n) is 5.06. The Hall–Kier alpha value is -1.77. The summed E-state index contributed by atoms with van der Waals surface area (Å²) in [5.41, 5.74) is 1.73.